The predicted molar refractivity (Wildman–Crippen MR) is 124 cm³/mol. The van der Waals surface area contributed by atoms with Gasteiger partial charge < -0.3 is 9.88 Å². The lowest BCUT2D eigenvalue weighted by atomic mass is 10.1. The Kier molecular flexibility index (Phi) is 7.13. The van der Waals surface area contributed by atoms with E-state index in [9.17, 15) is 23.2 Å². The second kappa shape index (κ2) is 9.52. The molecule has 3 rings (SSSR count). The van der Waals surface area contributed by atoms with Gasteiger partial charge in [-0.25, -0.2) is 0 Å². The standard InChI is InChI=1S/C23H15Cl3F3N3O/c1-12-5-14(13(2)32(12)19-9-17(24)8-18(25)10-19)6-15(11-30)22(33)31-21-7-16(23(27,28)29)3-4-20(21)26/h3-10H,1-2H3,(H,31,33)/b15-6-. The molecule has 0 saturated heterocycles. The predicted octanol–water partition coefficient (Wildman–Crippen LogP) is 7.62. The third kappa shape index (κ3) is 5.53. The summed E-state index contributed by atoms with van der Waals surface area (Å²) in [7, 11) is 0. The van der Waals surface area contributed by atoms with Crippen molar-refractivity contribution in [3.05, 3.63) is 85.6 Å². The molecule has 0 unspecified atom stereocenters. The summed E-state index contributed by atoms with van der Waals surface area (Å²) in [4.78, 5) is 12.6. The number of amides is 1. The van der Waals surface area contributed by atoms with Gasteiger partial charge in [0.1, 0.15) is 11.6 Å². The van der Waals surface area contributed by atoms with E-state index in [4.69, 9.17) is 34.8 Å². The maximum atomic E-state index is 13.0. The van der Waals surface area contributed by atoms with Crippen LogP contribution in [0.15, 0.2) is 48.0 Å². The third-order valence-corrected chi connectivity index (χ3v) is 5.55. The van der Waals surface area contributed by atoms with Gasteiger partial charge in [-0.3, -0.25) is 4.79 Å². The van der Waals surface area contributed by atoms with E-state index < -0.39 is 17.6 Å². The summed E-state index contributed by atoms with van der Waals surface area (Å²) in [6.45, 7) is 3.61. The second-order valence-corrected chi connectivity index (χ2v) is 8.39. The van der Waals surface area contributed by atoms with Crippen LogP contribution in [-0.4, -0.2) is 10.5 Å². The zero-order valence-electron chi connectivity index (χ0n) is 17.2. The molecule has 10 heteroatoms. The molecular weight excluding hydrogens is 498 g/mol. The highest BCUT2D eigenvalue weighted by Crippen LogP contribution is 2.34. The minimum absolute atomic E-state index is 0.0929. The highest BCUT2D eigenvalue weighted by molar-refractivity contribution is 6.35. The maximum Gasteiger partial charge on any atom is 0.416 e. The smallest absolute Gasteiger partial charge is 0.320 e. The summed E-state index contributed by atoms with van der Waals surface area (Å²) in [6, 6.07) is 11.1. The van der Waals surface area contributed by atoms with Gasteiger partial charge in [0, 0.05) is 27.1 Å². The zero-order valence-corrected chi connectivity index (χ0v) is 19.5. The number of benzene rings is 2. The first kappa shape index (κ1) is 24.7. The van der Waals surface area contributed by atoms with Crippen molar-refractivity contribution < 1.29 is 18.0 Å². The average molecular weight is 513 g/mol. The molecule has 0 saturated carbocycles. The number of aromatic nitrogens is 1. The van der Waals surface area contributed by atoms with E-state index in [2.05, 4.69) is 5.32 Å². The van der Waals surface area contributed by atoms with Crippen molar-refractivity contribution >= 4 is 52.5 Å². The Morgan fingerprint density at radius 1 is 1.06 bits per heavy atom. The van der Waals surface area contributed by atoms with Crippen molar-refractivity contribution in [2.24, 2.45) is 0 Å². The first-order valence-electron chi connectivity index (χ1n) is 9.36. The number of hydrogen-bond acceptors (Lipinski definition) is 2. The number of hydrogen-bond donors (Lipinski definition) is 1. The highest BCUT2D eigenvalue weighted by atomic mass is 35.5. The highest BCUT2D eigenvalue weighted by Gasteiger charge is 2.31. The van der Waals surface area contributed by atoms with Crippen LogP contribution in [0.5, 0.6) is 0 Å². The van der Waals surface area contributed by atoms with E-state index in [0.29, 0.717) is 33.1 Å². The molecule has 0 spiro atoms. The van der Waals surface area contributed by atoms with Crippen LogP contribution in [0.4, 0.5) is 18.9 Å². The Morgan fingerprint density at radius 3 is 2.27 bits per heavy atom. The van der Waals surface area contributed by atoms with E-state index in [0.717, 1.165) is 17.8 Å². The summed E-state index contributed by atoms with van der Waals surface area (Å²) in [5.74, 6) is -0.894. The molecule has 0 aliphatic carbocycles. The third-order valence-electron chi connectivity index (χ3n) is 4.78. The molecule has 0 fully saturated rings. The lowest BCUT2D eigenvalue weighted by Gasteiger charge is -2.12. The molecular formula is C23H15Cl3F3N3O. The Balaban J connectivity index is 1.96. The minimum Gasteiger partial charge on any atom is -0.320 e. The van der Waals surface area contributed by atoms with Crippen LogP contribution in [0.2, 0.25) is 15.1 Å². The van der Waals surface area contributed by atoms with Crippen LogP contribution in [0.1, 0.15) is 22.5 Å². The Labute approximate surface area is 202 Å². The van der Waals surface area contributed by atoms with E-state index in [1.54, 1.807) is 37.3 Å². The van der Waals surface area contributed by atoms with Gasteiger partial charge in [-0.2, -0.15) is 18.4 Å². The molecule has 1 heterocycles. The fourth-order valence-corrected chi connectivity index (χ4v) is 3.97. The van der Waals surface area contributed by atoms with Gasteiger partial charge in [-0.1, -0.05) is 34.8 Å². The van der Waals surface area contributed by atoms with E-state index >= 15 is 0 Å². The fraction of sp³-hybridized carbons (Fsp3) is 0.130. The van der Waals surface area contributed by atoms with Crippen molar-refractivity contribution in [2.45, 2.75) is 20.0 Å². The van der Waals surface area contributed by atoms with Crippen molar-refractivity contribution in [3.8, 4) is 11.8 Å². The summed E-state index contributed by atoms with van der Waals surface area (Å²) < 4.78 is 40.8. The number of halogens is 6. The van der Waals surface area contributed by atoms with Crippen LogP contribution in [0.25, 0.3) is 11.8 Å². The molecule has 0 radical (unpaired) electrons. The normalized spacial score (nSPS) is 11.9. The van der Waals surface area contributed by atoms with Crippen LogP contribution < -0.4 is 5.32 Å². The van der Waals surface area contributed by atoms with Crippen LogP contribution in [-0.2, 0) is 11.0 Å². The summed E-state index contributed by atoms with van der Waals surface area (Å²) in [5.41, 5.74) is 1.20. The number of carbonyl (C=O) groups is 1. The number of rotatable bonds is 4. The largest absolute Gasteiger partial charge is 0.416 e. The Morgan fingerprint density at radius 2 is 1.70 bits per heavy atom. The summed E-state index contributed by atoms with van der Waals surface area (Å²) in [6.07, 6.45) is -3.26. The maximum absolute atomic E-state index is 13.0. The molecule has 170 valence electrons. The van der Waals surface area contributed by atoms with Crippen LogP contribution in [0.3, 0.4) is 0 Å². The number of nitriles is 1. The molecule has 4 nitrogen and oxygen atoms in total. The molecule has 0 aliphatic rings. The summed E-state index contributed by atoms with van der Waals surface area (Å²) >= 11 is 18.1. The van der Waals surface area contributed by atoms with Crippen molar-refractivity contribution in [2.75, 3.05) is 5.32 Å². The van der Waals surface area contributed by atoms with Crippen LogP contribution in [0, 0.1) is 25.2 Å². The quantitative estimate of drug-likeness (QED) is 0.289. The number of aryl methyl sites for hydroxylation is 1. The SMILES string of the molecule is Cc1cc(/C=C(/C#N)C(=O)Nc2cc(C(F)(F)F)ccc2Cl)c(C)n1-c1cc(Cl)cc(Cl)c1. The van der Waals surface area contributed by atoms with E-state index in [1.165, 1.54) is 6.08 Å². The fourth-order valence-electron chi connectivity index (χ4n) is 3.29. The molecule has 1 N–H and O–H groups in total. The van der Waals surface area contributed by atoms with Gasteiger partial charge in [0.05, 0.1) is 16.3 Å². The number of nitrogens with one attached hydrogen (secondary N) is 1. The molecule has 1 aromatic heterocycles. The lowest BCUT2D eigenvalue weighted by Crippen LogP contribution is -2.15. The Hall–Kier alpha value is -2.92. The van der Waals surface area contributed by atoms with Crippen molar-refractivity contribution in [1.29, 1.82) is 5.26 Å². The number of alkyl halides is 3. The zero-order chi connectivity index (χ0) is 24.5. The van der Waals surface area contributed by atoms with Gasteiger partial charge in [0.15, 0.2) is 0 Å². The summed E-state index contributed by atoms with van der Waals surface area (Å²) in [5, 5.41) is 12.6. The number of carbonyl (C=O) groups excluding carboxylic acids is 1. The second-order valence-electron chi connectivity index (χ2n) is 7.11. The molecule has 0 bridgehead atoms. The first-order valence-corrected chi connectivity index (χ1v) is 10.5. The van der Waals surface area contributed by atoms with Crippen molar-refractivity contribution in [1.82, 2.24) is 4.57 Å². The van der Waals surface area contributed by atoms with Gasteiger partial charge in [-0.15, -0.1) is 0 Å². The topological polar surface area (TPSA) is 57.8 Å². The molecule has 3 aromatic rings. The molecule has 1 amide bonds. The monoisotopic (exact) mass is 511 g/mol. The lowest BCUT2D eigenvalue weighted by molar-refractivity contribution is -0.137. The average Bonchev–Trinajstić information content (AvgIpc) is 2.99. The minimum atomic E-state index is -4.61. The van der Waals surface area contributed by atoms with Gasteiger partial charge >= 0.3 is 6.18 Å². The van der Waals surface area contributed by atoms with E-state index in [-0.39, 0.29) is 16.3 Å². The number of nitrogens with zero attached hydrogens (tertiary/aromatic N) is 2. The number of anilines is 1. The Bertz CT molecular complexity index is 1300. The van der Waals surface area contributed by atoms with Gasteiger partial charge in [-0.05, 0) is 68.0 Å². The van der Waals surface area contributed by atoms with Gasteiger partial charge in [0.2, 0.25) is 0 Å². The molecule has 0 aliphatic heterocycles. The van der Waals surface area contributed by atoms with E-state index in [1.807, 2.05) is 11.5 Å². The van der Waals surface area contributed by atoms with Gasteiger partial charge in [0.25, 0.3) is 5.91 Å². The van der Waals surface area contributed by atoms with Crippen LogP contribution >= 0.6 is 34.8 Å². The molecule has 0 atom stereocenters. The first-order chi connectivity index (χ1) is 15.4. The molecule has 33 heavy (non-hydrogen) atoms. The van der Waals surface area contributed by atoms with Crippen molar-refractivity contribution in [3.63, 3.8) is 0 Å². The molecule has 2 aromatic carbocycles.